The molecule has 0 saturated carbocycles. The lowest BCUT2D eigenvalue weighted by Crippen LogP contribution is -2.02. The summed E-state index contributed by atoms with van der Waals surface area (Å²) in [6.07, 6.45) is 2.06. The molecule has 4 heteroatoms. The van der Waals surface area contributed by atoms with Crippen molar-refractivity contribution in [1.29, 1.82) is 0 Å². The summed E-state index contributed by atoms with van der Waals surface area (Å²) in [4.78, 5) is 4.79. The second-order valence-corrected chi connectivity index (χ2v) is 6.88. The maximum atomic E-state index is 4.79. The zero-order chi connectivity index (χ0) is 15.9. The molecule has 0 aliphatic heterocycles. The van der Waals surface area contributed by atoms with Gasteiger partial charge < -0.3 is 5.32 Å². The molecule has 0 spiro atoms. The molecule has 0 aliphatic carbocycles. The molecule has 0 bridgehead atoms. The van der Waals surface area contributed by atoms with Crippen LogP contribution in [0.25, 0.3) is 5.65 Å². The maximum absolute atomic E-state index is 4.79. The van der Waals surface area contributed by atoms with Gasteiger partial charge in [-0.3, -0.25) is 4.40 Å². The molecule has 0 saturated heterocycles. The maximum Gasteiger partial charge on any atom is 0.138 e. The molecule has 3 nitrogen and oxygen atoms in total. The minimum absolute atomic E-state index is 0.352. The predicted octanol–water partition coefficient (Wildman–Crippen LogP) is 5.58. The van der Waals surface area contributed by atoms with Crippen LogP contribution in [0.1, 0.15) is 36.6 Å². The minimum Gasteiger partial charge on any atom is -0.339 e. The molecule has 0 fully saturated rings. The van der Waals surface area contributed by atoms with Crippen molar-refractivity contribution in [2.75, 3.05) is 5.32 Å². The Bertz CT molecular complexity index is 813. The van der Waals surface area contributed by atoms with Crippen molar-refractivity contribution >= 4 is 33.1 Å². The number of aryl methyl sites for hydroxylation is 2. The summed E-state index contributed by atoms with van der Waals surface area (Å²) < 4.78 is 3.16. The van der Waals surface area contributed by atoms with Gasteiger partial charge in [0.2, 0.25) is 0 Å². The second-order valence-electron chi connectivity index (χ2n) is 5.97. The fourth-order valence-corrected chi connectivity index (χ4v) is 3.03. The van der Waals surface area contributed by atoms with E-state index in [-0.39, 0.29) is 0 Å². The molecular weight excluding hydrogens is 338 g/mol. The number of aromatic nitrogens is 2. The van der Waals surface area contributed by atoms with E-state index in [0.717, 1.165) is 27.3 Å². The SMILES string of the molecule is Cc1cccc(C)c1Nc1c(C(C)C)nc2ccc(Br)cn12. The number of benzene rings is 1. The van der Waals surface area contributed by atoms with Gasteiger partial charge in [-0.25, -0.2) is 4.98 Å². The van der Waals surface area contributed by atoms with Crippen molar-refractivity contribution in [3.8, 4) is 0 Å². The number of hydrogen-bond donors (Lipinski definition) is 1. The summed E-state index contributed by atoms with van der Waals surface area (Å²) in [5.74, 6) is 1.40. The largest absolute Gasteiger partial charge is 0.339 e. The van der Waals surface area contributed by atoms with Crippen LogP contribution in [-0.4, -0.2) is 9.38 Å². The quantitative estimate of drug-likeness (QED) is 0.662. The average molecular weight is 358 g/mol. The lowest BCUT2D eigenvalue weighted by atomic mass is 10.1. The van der Waals surface area contributed by atoms with Crippen molar-refractivity contribution in [3.63, 3.8) is 0 Å². The summed E-state index contributed by atoms with van der Waals surface area (Å²) >= 11 is 3.55. The summed E-state index contributed by atoms with van der Waals surface area (Å²) in [5, 5.41) is 3.62. The molecule has 0 aliphatic rings. The van der Waals surface area contributed by atoms with Gasteiger partial charge in [0, 0.05) is 16.4 Å². The Hall–Kier alpha value is -1.81. The van der Waals surface area contributed by atoms with Gasteiger partial charge in [0.15, 0.2) is 0 Å². The number of anilines is 2. The third-order valence-electron chi connectivity index (χ3n) is 3.88. The molecule has 0 unspecified atom stereocenters. The van der Waals surface area contributed by atoms with Crippen LogP contribution in [0, 0.1) is 13.8 Å². The smallest absolute Gasteiger partial charge is 0.138 e. The highest BCUT2D eigenvalue weighted by molar-refractivity contribution is 9.10. The number of halogens is 1. The minimum atomic E-state index is 0.352. The first kappa shape index (κ1) is 15.1. The van der Waals surface area contributed by atoms with Gasteiger partial charge in [0.25, 0.3) is 0 Å². The summed E-state index contributed by atoms with van der Waals surface area (Å²) in [6, 6.07) is 10.4. The van der Waals surface area contributed by atoms with E-state index in [1.165, 1.54) is 11.1 Å². The molecule has 1 aromatic carbocycles. The van der Waals surface area contributed by atoms with Crippen molar-refractivity contribution in [1.82, 2.24) is 9.38 Å². The molecule has 3 aromatic rings. The zero-order valence-electron chi connectivity index (χ0n) is 13.3. The summed E-state index contributed by atoms with van der Waals surface area (Å²) in [6.45, 7) is 8.60. The van der Waals surface area contributed by atoms with Crippen molar-refractivity contribution < 1.29 is 0 Å². The number of para-hydroxylation sites is 1. The van der Waals surface area contributed by atoms with Crippen LogP contribution in [0.2, 0.25) is 0 Å². The molecular formula is C18H20BrN3. The number of nitrogens with one attached hydrogen (secondary N) is 1. The first-order chi connectivity index (χ1) is 10.5. The van der Waals surface area contributed by atoms with Crippen LogP contribution >= 0.6 is 15.9 Å². The fraction of sp³-hybridized carbons (Fsp3) is 0.278. The Morgan fingerprint density at radius 1 is 1.09 bits per heavy atom. The van der Waals surface area contributed by atoms with Crippen LogP contribution in [-0.2, 0) is 0 Å². The van der Waals surface area contributed by atoms with Crippen LogP contribution in [0.15, 0.2) is 41.0 Å². The van der Waals surface area contributed by atoms with Crippen LogP contribution < -0.4 is 5.32 Å². The van der Waals surface area contributed by atoms with Gasteiger partial charge in [-0.1, -0.05) is 32.0 Å². The predicted molar refractivity (Wildman–Crippen MR) is 96.2 cm³/mol. The third kappa shape index (κ3) is 2.63. The molecule has 0 radical (unpaired) electrons. The van der Waals surface area contributed by atoms with Crippen molar-refractivity contribution in [2.45, 2.75) is 33.6 Å². The Labute approximate surface area is 139 Å². The Morgan fingerprint density at radius 2 is 1.77 bits per heavy atom. The normalized spacial score (nSPS) is 11.4. The first-order valence-electron chi connectivity index (χ1n) is 7.48. The highest BCUT2D eigenvalue weighted by atomic mass is 79.9. The summed E-state index contributed by atoms with van der Waals surface area (Å²) in [5.41, 5.74) is 5.67. The van der Waals surface area contributed by atoms with E-state index in [9.17, 15) is 0 Å². The van der Waals surface area contributed by atoms with E-state index in [0.29, 0.717) is 5.92 Å². The zero-order valence-corrected chi connectivity index (χ0v) is 14.9. The Balaban J connectivity index is 2.20. The number of nitrogens with zero attached hydrogens (tertiary/aromatic N) is 2. The number of rotatable bonds is 3. The van der Waals surface area contributed by atoms with E-state index in [2.05, 4.69) is 77.7 Å². The molecule has 114 valence electrons. The van der Waals surface area contributed by atoms with E-state index in [1.54, 1.807) is 0 Å². The van der Waals surface area contributed by atoms with Gasteiger partial charge >= 0.3 is 0 Å². The molecule has 1 N–H and O–H groups in total. The van der Waals surface area contributed by atoms with Gasteiger partial charge in [0.1, 0.15) is 11.5 Å². The van der Waals surface area contributed by atoms with Crippen LogP contribution in [0.4, 0.5) is 11.5 Å². The lowest BCUT2D eigenvalue weighted by Gasteiger charge is -2.15. The highest BCUT2D eigenvalue weighted by Gasteiger charge is 2.16. The monoisotopic (exact) mass is 357 g/mol. The molecule has 0 amide bonds. The van der Waals surface area contributed by atoms with Crippen molar-refractivity contribution in [2.24, 2.45) is 0 Å². The lowest BCUT2D eigenvalue weighted by molar-refractivity contribution is 0.837. The summed E-state index contributed by atoms with van der Waals surface area (Å²) in [7, 11) is 0. The molecule has 2 aromatic heterocycles. The topological polar surface area (TPSA) is 29.3 Å². The number of imidazole rings is 1. The third-order valence-corrected chi connectivity index (χ3v) is 4.35. The van der Waals surface area contributed by atoms with E-state index >= 15 is 0 Å². The van der Waals surface area contributed by atoms with Gasteiger partial charge in [0.05, 0.1) is 5.69 Å². The molecule has 3 rings (SSSR count). The number of pyridine rings is 1. The number of hydrogen-bond acceptors (Lipinski definition) is 2. The van der Waals surface area contributed by atoms with Crippen molar-refractivity contribution in [3.05, 3.63) is 57.8 Å². The Morgan fingerprint density at radius 3 is 2.41 bits per heavy atom. The van der Waals surface area contributed by atoms with Gasteiger partial charge in [-0.05, 0) is 59.0 Å². The van der Waals surface area contributed by atoms with E-state index in [4.69, 9.17) is 4.98 Å². The van der Waals surface area contributed by atoms with Gasteiger partial charge in [-0.2, -0.15) is 0 Å². The highest BCUT2D eigenvalue weighted by Crippen LogP contribution is 2.31. The first-order valence-corrected chi connectivity index (χ1v) is 8.27. The van der Waals surface area contributed by atoms with Gasteiger partial charge in [-0.15, -0.1) is 0 Å². The standard InChI is InChI=1S/C18H20BrN3/c1-11(2)16-18(21-17-12(3)6-5-7-13(17)4)22-10-14(19)8-9-15(22)20-16/h5-11,21H,1-4H3. The number of fused-ring (bicyclic) bond motifs is 1. The molecule has 22 heavy (non-hydrogen) atoms. The van der Waals surface area contributed by atoms with E-state index in [1.807, 2.05) is 12.1 Å². The average Bonchev–Trinajstić information content (AvgIpc) is 2.81. The fourth-order valence-electron chi connectivity index (χ4n) is 2.69. The second kappa shape index (κ2) is 5.76. The van der Waals surface area contributed by atoms with Crippen LogP contribution in [0.5, 0.6) is 0 Å². The van der Waals surface area contributed by atoms with Crippen LogP contribution in [0.3, 0.4) is 0 Å². The molecule has 0 atom stereocenters. The molecule has 2 heterocycles. The van der Waals surface area contributed by atoms with E-state index < -0.39 is 0 Å². The Kier molecular flexibility index (Phi) is 3.96.